The number of nitrogens with one attached hydrogen (secondary N) is 1. The summed E-state index contributed by atoms with van der Waals surface area (Å²) in [7, 11) is 0. The summed E-state index contributed by atoms with van der Waals surface area (Å²) in [5.74, 6) is 0.417. The summed E-state index contributed by atoms with van der Waals surface area (Å²) >= 11 is 0. The molecule has 138 valence electrons. The van der Waals surface area contributed by atoms with E-state index in [2.05, 4.69) is 15.4 Å². The fraction of sp³-hybridized carbons (Fsp3) is 0.200. The highest BCUT2D eigenvalue weighted by Gasteiger charge is 2.18. The van der Waals surface area contributed by atoms with Gasteiger partial charge in [0.05, 0.1) is 24.2 Å². The third-order valence-electron chi connectivity index (χ3n) is 3.96. The van der Waals surface area contributed by atoms with Crippen LogP contribution in [0.5, 0.6) is 5.75 Å². The first kappa shape index (κ1) is 18.3. The summed E-state index contributed by atoms with van der Waals surface area (Å²) in [4.78, 5) is 28.7. The summed E-state index contributed by atoms with van der Waals surface area (Å²) in [6, 6.07) is 13.1. The zero-order valence-electron chi connectivity index (χ0n) is 15.1. The molecular formula is C20H20N4O3. The second-order valence-electron chi connectivity index (χ2n) is 5.87. The van der Waals surface area contributed by atoms with Crippen molar-refractivity contribution in [1.29, 1.82) is 0 Å². The molecule has 3 aromatic rings. The maximum atomic E-state index is 12.5. The molecule has 2 heterocycles. The van der Waals surface area contributed by atoms with Gasteiger partial charge in [-0.1, -0.05) is 0 Å². The van der Waals surface area contributed by atoms with E-state index in [1.54, 1.807) is 31.3 Å². The zero-order valence-corrected chi connectivity index (χ0v) is 15.1. The highest BCUT2D eigenvalue weighted by molar-refractivity contribution is 5.93. The Morgan fingerprint density at radius 3 is 2.63 bits per heavy atom. The fourth-order valence-corrected chi connectivity index (χ4v) is 2.54. The third-order valence-corrected chi connectivity index (χ3v) is 3.96. The van der Waals surface area contributed by atoms with Gasteiger partial charge in [0.15, 0.2) is 0 Å². The minimum absolute atomic E-state index is 0.346. The van der Waals surface area contributed by atoms with Gasteiger partial charge in [-0.15, -0.1) is 0 Å². The Morgan fingerprint density at radius 2 is 1.96 bits per heavy atom. The van der Waals surface area contributed by atoms with Crippen LogP contribution in [0, 0.1) is 0 Å². The third kappa shape index (κ3) is 4.38. The molecule has 0 saturated carbocycles. The molecule has 1 unspecified atom stereocenters. The molecular weight excluding hydrogens is 344 g/mol. The van der Waals surface area contributed by atoms with Crippen molar-refractivity contribution in [2.24, 2.45) is 0 Å². The Bertz CT molecular complexity index is 969. The van der Waals surface area contributed by atoms with Crippen molar-refractivity contribution in [3.63, 3.8) is 0 Å². The number of rotatable bonds is 6. The largest absolute Gasteiger partial charge is 0.494 e. The lowest BCUT2D eigenvalue weighted by Crippen LogP contribution is -2.33. The molecule has 0 saturated heterocycles. The van der Waals surface area contributed by atoms with Crippen molar-refractivity contribution in [2.75, 3.05) is 11.9 Å². The van der Waals surface area contributed by atoms with E-state index < -0.39 is 6.04 Å². The van der Waals surface area contributed by atoms with Crippen LogP contribution in [-0.2, 0) is 4.79 Å². The molecule has 0 bridgehead atoms. The van der Waals surface area contributed by atoms with E-state index in [9.17, 15) is 9.59 Å². The predicted molar refractivity (Wildman–Crippen MR) is 103 cm³/mol. The van der Waals surface area contributed by atoms with Gasteiger partial charge in [-0.2, -0.15) is 5.10 Å². The molecule has 0 aliphatic rings. The Kier molecular flexibility index (Phi) is 5.61. The smallest absolute Gasteiger partial charge is 0.267 e. The van der Waals surface area contributed by atoms with Gasteiger partial charge in [-0.05, 0) is 56.3 Å². The lowest BCUT2D eigenvalue weighted by atomic mass is 10.1. The molecule has 1 atom stereocenters. The van der Waals surface area contributed by atoms with Crippen LogP contribution in [0.3, 0.4) is 0 Å². The molecule has 3 rings (SSSR count). The van der Waals surface area contributed by atoms with E-state index >= 15 is 0 Å². The number of carbonyl (C=O) groups is 1. The van der Waals surface area contributed by atoms with Crippen LogP contribution >= 0.6 is 0 Å². The van der Waals surface area contributed by atoms with Crippen molar-refractivity contribution in [1.82, 2.24) is 14.8 Å². The van der Waals surface area contributed by atoms with Gasteiger partial charge >= 0.3 is 0 Å². The number of carbonyl (C=O) groups excluding carboxylic acids is 1. The van der Waals surface area contributed by atoms with Crippen molar-refractivity contribution in [2.45, 2.75) is 19.9 Å². The van der Waals surface area contributed by atoms with E-state index in [4.69, 9.17) is 4.74 Å². The van der Waals surface area contributed by atoms with E-state index in [-0.39, 0.29) is 11.5 Å². The molecule has 0 spiro atoms. The van der Waals surface area contributed by atoms with Crippen LogP contribution in [0.1, 0.15) is 19.9 Å². The lowest BCUT2D eigenvalue weighted by Gasteiger charge is -2.15. The number of hydrogen-bond acceptors (Lipinski definition) is 5. The molecule has 7 nitrogen and oxygen atoms in total. The summed E-state index contributed by atoms with van der Waals surface area (Å²) in [5, 5.41) is 7.10. The summed E-state index contributed by atoms with van der Waals surface area (Å²) in [5.41, 5.74) is 1.63. The molecule has 2 aromatic heterocycles. The maximum Gasteiger partial charge on any atom is 0.267 e. The van der Waals surface area contributed by atoms with Crippen molar-refractivity contribution in [3.05, 3.63) is 71.3 Å². The van der Waals surface area contributed by atoms with E-state index in [1.165, 1.54) is 16.9 Å². The molecule has 0 fully saturated rings. The molecule has 1 amide bonds. The Morgan fingerprint density at radius 1 is 1.19 bits per heavy atom. The van der Waals surface area contributed by atoms with Crippen LogP contribution in [0.15, 0.2) is 65.7 Å². The first-order valence-corrected chi connectivity index (χ1v) is 8.62. The van der Waals surface area contributed by atoms with Crippen LogP contribution in [-0.4, -0.2) is 27.3 Å². The van der Waals surface area contributed by atoms with Gasteiger partial charge in [-0.3, -0.25) is 14.6 Å². The topological polar surface area (TPSA) is 86.1 Å². The van der Waals surface area contributed by atoms with Crippen LogP contribution in [0.25, 0.3) is 11.3 Å². The molecule has 0 aliphatic carbocycles. The fourth-order valence-electron chi connectivity index (χ4n) is 2.54. The number of ether oxygens (including phenoxy) is 1. The van der Waals surface area contributed by atoms with Gasteiger partial charge in [0.25, 0.3) is 5.56 Å². The molecule has 0 aliphatic heterocycles. The minimum Gasteiger partial charge on any atom is -0.494 e. The van der Waals surface area contributed by atoms with Gasteiger partial charge in [-0.25, -0.2) is 4.68 Å². The number of amides is 1. The number of anilines is 1. The highest BCUT2D eigenvalue weighted by Crippen LogP contribution is 2.20. The molecule has 7 heteroatoms. The van der Waals surface area contributed by atoms with Crippen molar-refractivity contribution >= 4 is 11.6 Å². The predicted octanol–water partition coefficient (Wildman–Crippen LogP) is 2.90. The van der Waals surface area contributed by atoms with E-state index in [0.717, 1.165) is 11.3 Å². The minimum atomic E-state index is -0.777. The van der Waals surface area contributed by atoms with Gasteiger partial charge in [0, 0.05) is 17.8 Å². The first-order chi connectivity index (χ1) is 13.1. The number of aromatic nitrogens is 3. The number of nitrogens with zero attached hydrogens (tertiary/aromatic N) is 3. The normalized spacial score (nSPS) is 11.6. The monoisotopic (exact) mass is 364 g/mol. The van der Waals surface area contributed by atoms with Gasteiger partial charge in [0.2, 0.25) is 5.91 Å². The number of benzene rings is 1. The Labute approximate surface area is 156 Å². The van der Waals surface area contributed by atoms with Crippen LogP contribution in [0.2, 0.25) is 0 Å². The molecule has 27 heavy (non-hydrogen) atoms. The summed E-state index contributed by atoms with van der Waals surface area (Å²) in [6.45, 7) is 4.14. The average molecular weight is 364 g/mol. The molecule has 1 aromatic carbocycles. The standard InChI is InChI=1S/C20H20N4O3/c1-3-27-17-8-6-15(7-9-17)18-10-11-19(25)24(23-18)14(2)20(26)22-16-5-4-12-21-13-16/h4-14H,3H2,1-2H3,(H,22,26). The average Bonchev–Trinajstić information content (AvgIpc) is 2.69. The quantitative estimate of drug-likeness (QED) is 0.727. The number of hydrogen-bond donors (Lipinski definition) is 1. The highest BCUT2D eigenvalue weighted by atomic mass is 16.5. The first-order valence-electron chi connectivity index (χ1n) is 8.62. The van der Waals surface area contributed by atoms with Crippen molar-refractivity contribution in [3.8, 4) is 17.0 Å². The SMILES string of the molecule is CCOc1ccc(-c2ccc(=O)n(C(C)C(=O)Nc3cccnc3)n2)cc1. The lowest BCUT2D eigenvalue weighted by molar-refractivity contribution is -0.119. The Balaban J connectivity index is 1.84. The Hall–Kier alpha value is -3.48. The second kappa shape index (κ2) is 8.27. The van der Waals surface area contributed by atoms with E-state index in [0.29, 0.717) is 18.0 Å². The number of pyridine rings is 1. The molecule has 0 radical (unpaired) electrons. The molecule has 1 N–H and O–H groups in total. The summed E-state index contributed by atoms with van der Waals surface area (Å²) < 4.78 is 6.61. The van der Waals surface area contributed by atoms with Crippen molar-refractivity contribution < 1.29 is 9.53 Å². The zero-order chi connectivity index (χ0) is 19.2. The van der Waals surface area contributed by atoms with Crippen LogP contribution < -0.4 is 15.6 Å². The van der Waals surface area contributed by atoms with E-state index in [1.807, 2.05) is 31.2 Å². The van der Waals surface area contributed by atoms with Crippen LogP contribution in [0.4, 0.5) is 5.69 Å². The second-order valence-corrected chi connectivity index (χ2v) is 5.87. The summed E-state index contributed by atoms with van der Waals surface area (Å²) in [6.07, 6.45) is 3.16. The van der Waals surface area contributed by atoms with Gasteiger partial charge < -0.3 is 10.1 Å². The van der Waals surface area contributed by atoms with Gasteiger partial charge in [0.1, 0.15) is 11.8 Å². The maximum absolute atomic E-state index is 12.5.